The van der Waals surface area contributed by atoms with Crippen molar-refractivity contribution in [3.63, 3.8) is 0 Å². The van der Waals surface area contributed by atoms with Crippen molar-refractivity contribution >= 4 is 27.5 Å². The molecule has 21 heavy (non-hydrogen) atoms. The summed E-state index contributed by atoms with van der Waals surface area (Å²) >= 11 is 3.33. The predicted molar refractivity (Wildman–Crippen MR) is 85.5 cm³/mol. The van der Waals surface area contributed by atoms with E-state index in [-0.39, 0.29) is 18.3 Å². The van der Waals surface area contributed by atoms with E-state index >= 15 is 0 Å². The summed E-state index contributed by atoms with van der Waals surface area (Å²) < 4.78 is 14.4. The second-order valence-corrected chi connectivity index (χ2v) is 5.84. The lowest BCUT2D eigenvalue weighted by Gasteiger charge is -2.19. The van der Waals surface area contributed by atoms with E-state index in [4.69, 9.17) is 5.73 Å². The highest BCUT2D eigenvalue weighted by Gasteiger charge is 2.17. The third kappa shape index (κ3) is 3.42. The maximum Gasteiger partial charge on any atom is 0.254 e. The van der Waals surface area contributed by atoms with E-state index in [0.717, 1.165) is 10.0 Å². The Hall–Kier alpha value is -1.88. The van der Waals surface area contributed by atoms with E-state index in [0.29, 0.717) is 16.8 Å². The summed E-state index contributed by atoms with van der Waals surface area (Å²) in [5.74, 6) is -0.508. The fourth-order valence-corrected chi connectivity index (χ4v) is 2.56. The number of carbonyl (C=O) groups excluding carboxylic acids is 1. The molecule has 2 aromatic rings. The lowest BCUT2D eigenvalue weighted by atomic mass is 10.1. The quantitative estimate of drug-likeness (QED) is 0.856. The standard InChI is InChI=1S/C16H16BrFN2O/c1-10-13(7-12(17)8-15(10)19)16(21)20(2)9-11-5-3-4-6-14(11)18/h3-8H,9,19H2,1-2H3. The Balaban J connectivity index is 2.26. The summed E-state index contributed by atoms with van der Waals surface area (Å²) in [6, 6.07) is 9.91. The van der Waals surface area contributed by atoms with Crippen molar-refractivity contribution < 1.29 is 9.18 Å². The van der Waals surface area contributed by atoms with Gasteiger partial charge in [0.05, 0.1) is 0 Å². The molecule has 0 heterocycles. The Morgan fingerprint density at radius 3 is 2.67 bits per heavy atom. The number of halogens is 2. The van der Waals surface area contributed by atoms with Gasteiger partial charge in [0.2, 0.25) is 0 Å². The van der Waals surface area contributed by atoms with Crippen molar-refractivity contribution in [3.05, 3.63) is 63.4 Å². The Bertz CT molecular complexity index is 688. The summed E-state index contributed by atoms with van der Waals surface area (Å²) in [4.78, 5) is 14.0. The summed E-state index contributed by atoms with van der Waals surface area (Å²) in [6.07, 6.45) is 0. The number of hydrogen-bond acceptors (Lipinski definition) is 2. The number of nitrogen functional groups attached to an aromatic ring is 1. The molecule has 3 nitrogen and oxygen atoms in total. The molecule has 2 N–H and O–H groups in total. The van der Waals surface area contributed by atoms with Gasteiger partial charge in [-0.3, -0.25) is 4.79 Å². The molecular weight excluding hydrogens is 335 g/mol. The molecule has 0 saturated carbocycles. The zero-order valence-corrected chi connectivity index (χ0v) is 13.4. The molecule has 0 saturated heterocycles. The number of amides is 1. The second-order valence-electron chi connectivity index (χ2n) is 4.92. The van der Waals surface area contributed by atoms with Crippen LogP contribution in [0.2, 0.25) is 0 Å². The number of carbonyl (C=O) groups is 1. The predicted octanol–water partition coefficient (Wildman–Crippen LogP) is 3.75. The number of rotatable bonds is 3. The fourth-order valence-electron chi connectivity index (χ4n) is 2.08. The zero-order chi connectivity index (χ0) is 15.6. The first-order valence-corrected chi connectivity index (χ1v) is 7.24. The number of nitrogens with zero attached hydrogens (tertiary/aromatic N) is 1. The molecule has 0 bridgehead atoms. The first kappa shape index (κ1) is 15.5. The number of anilines is 1. The number of hydrogen-bond donors (Lipinski definition) is 1. The van der Waals surface area contributed by atoms with Crippen LogP contribution in [0.1, 0.15) is 21.5 Å². The van der Waals surface area contributed by atoms with E-state index in [9.17, 15) is 9.18 Å². The molecule has 0 aliphatic carbocycles. The van der Waals surface area contributed by atoms with Crippen LogP contribution in [0.5, 0.6) is 0 Å². The normalized spacial score (nSPS) is 10.5. The van der Waals surface area contributed by atoms with E-state index in [2.05, 4.69) is 15.9 Å². The minimum absolute atomic E-state index is 0.191. The summed E-state index contributed by atoms with van der Waals surface area (Å²) in [7, 11) is 1.64. The van der Waals surface area contributed by atoms with Gasteiger partial charge in [0, 0.05) is 34.9 Å². The van der Waals surface area contributed by atoms with E-state index < -0.39 is 0 Å². The van der Waals surface area contributed by atoms with Crippen molar-refractivity contribution in [2.24, 2.45) is 0 Å². The molecule has 0 aliphatic heterocycles. The van der Waals surface area contributed by atoms with Gasteiger partial charge in [-0.1, -0.05) is 34.1 Å². The summed E-state index contributed by atoms with van der Waals surface area (Å²) in [6.45, 7) is 2.00. The second kappa shape index (κ2) is 6.26. The summed E-state index contributed by atoms with van der Waals surface area (Å²) in [5.41, 5.74) is 8.14. The highest BCUT2D eigenvalue weighted by atomic mass is 79.9. The lowest BCUT2D eigenvalue weighted by Crippen LogP contribution is -2.27. The third-order valence-electron chi connectivity index (χ3n) is 3.36. The molecule has 0 aromatic heterocycles. The molecule has 110 valence electrons. The van der Waals surface area contributed by atoms with Crippen molar-refractivity contribution in [1.82, 2.24) is 4.90 Å². The Kier molecular flexibility index (Phi) is 4.63. The van der Waals surface area contributed by atoms with Gasteiger partial charge in [-0.15, -0.1) is 0 Å². The molecule has 1 amide bonds. The molecule has 0 radical (unpaired) electrons. The van der Waals surface area contributed by atoms with Crippen LogP contribution in [0.3, 0.4) is 0 Å². The minimum atomic E-state index is -0.317. The highest BCUT2D eigenvalue weighted by molar-refractivity contribution is 9.10. The fraction of sp³-hybridized carbons (Fsp3) is 0.188. The topological polar surface area (TPSA) is 46.3 Å². The zero-order valence-electron chi connectivity index (χ0n) is 11.9. The van der Waals surface area contributed by atoms with Gasteiger partial charge in [-0.05, 0) is 30.7 Å². The van der Waals surface area contributed by atoms with Crippen molar-refractivity contribution in [3.8, 4) is 0 Å². The van der Waals surface area contributed by atoms with Crippen molar-refractivity contribution in [1.29, 1.82) is 0 Å². The Labute approximate surface area is 131 Å². The van der Waals surface area contributed by atoms with Gasteiger partial charge in [0.25, 0.3) is 5.91 Å². The maximum absolute atomic E-state index is 13.7. The van der Waals surface area contributed by atoms with Gasteiger partial charge in [-0.2, -0.15) is 0 Å². The Morgan fingerprint density at radius 2 is 2.00 bits per heavy atom. The minimum Gasteiger partial charge on any atom is -0.398 e. The SMILES string of the molecule is Cc1c(N)cc(Br)cc1C(=O)N(C)Cc1ccccc1F. The smallest absolute Gasteiger partial charge is 0.254 e. The van der Waals surface area contributed by atoms with E-state index in [1.54, 1.807) is 44.3 Å². The van der Waals surface area contributed by atoms with E-state index in [1.165, 1.54) is 11.0 Å². The number of benzene rings is 2. The van der Waals surface area contributed by atoms with Crippen LogP contribution in [-0.2, 0) is 6.54 Å². The molecule has 0 fully saturated rings. The monoisotopic (exact) mass is 350 g/mol. The first-order valence-electron chi connectivity index (χ1n) is 6.44. The third-order valence-corrected chi connectivity index (χ3v) is 3.81. The molecule has 5 heteroatoms. The molecule has 0 spiro atoms. The van der Waals surface area contributed by atoms with Crippen molar-refractivity contribution in [2.75, 3.05) is 12.8 Å². The van der Waals surface area contributed by atoms with Crippen molar-refractivity contribution in [2.45, 2.75) is 13.5 Å². The molecule has 0 unspecified atom stereocenters. The maximum atomic E-state index is 13.7. The van der Waals surface area contributed by atoms with Crippen LogP contribution in [0.4, 0.5) is 10.1 Å². The highest BCUT2D eigenvalue weighted by Crippen LogP contribution is 2.24. The van der Waals surface area contributed by atoms with Crippen LogP contribution in [-0.4, -0.2) is 17.9 Å². The van der Waals surface area contributed by atoms with E-state index in [1.807, 2.05) is 0 Å². The lowest BCUT2D eigenvalue weighted by molar-refractivity contribution is 0.0783. The molecule has 0 aliphatic rings. The van der Waals surface area contributed by atoms with Gasteiger partial charge < -0.3 is 10.6 Å². The molecule has 2 rings (SSSR count). The van der Waals surface area contributed by atoms with Crippen LogP contribution in [0, 0.1) is 12.7 Å². The number of nitrogens with two attached hydrogens (primary N) is 1. The van der Waals surface area contributed by atoms with Crippen LogP contribution in [0.15, 0.2) is 40.9 Å². The van der Waals surface area contributed by atoms with Crippen LogP contribution < -0.4 is 5.73 Å². The van der Waals surface area contributed by atoms with Gasteiger partial charge in [0.1, 0.15) is 5.82 Å². The molecule has 2 aromatic carbocycles. The van der Waals surface area contributed by atoms with Crippen LogP contribution in [0.25, 0.3) is 0 Å². The average Bonchev–Trinajstić information content (AvgIpc) is 2.44. The summed E-state index contributed by atoms with van der Waals surface area (Å²) in [5, 5.41) is 0. The van der Waals surface area contributed by atoms with Crippen LogP contribution >= 0.6 is 15.9 Å². The molecule has 0 atom stereocenters. The largest absolute Gasteiger partial charge is 0.398 e. The van der Waals surface area contributed by atoms with Gasteiger partial charge in [-0.25, -0.2) is 4.39 Å². The molecular formula is C16H16BrFN2O. The Morgan fingerprint density at radius 1 is 1.33 bits per heavy atom. The van der Waals surface area contributed by atoms with Gasteiger partial charge in [0.15, 0.2) is 0 Å². The average molecular weight is 351 g/mol. The van der Waals surface area contributed by atoms with Gasteiger partial charge >= 0.3 is 0 Å². The first-order chi connectivity index (χ1) is 9.90.